The molecule has 1 aliphatic rings. The summed E-state index contributed by atoms with van der Waals surface area (Å²) >= 11 is 0. The largest absolute Gasteiger partial charge is 0.392 e. The second-order valence-corrected chi connectivity index (χ2v) is 8.91. The van der Waals surface area contributed by atoms with Crippen molar-refractivity contribution in [3.8, 4) is 0 Å². The van der Waals surface area contributed by atoms with Gasteiger partial charge in [-0.05, 0) is 62.5 Å². The Hall–Kier alpha value is -2.39. The minimum atomic E-state index is -1.57. The molecule has 0 bridgehead atoms. The van der Waals surface area contributed by atoms with Crippen molar-refractivity contribution in [3.05, 3.63) is 78.0 Å². The number of aliphatic imine (C=N–C) groups is 1. The van der Waals surface area contributed by atoms with Gasteiger partial charge in [0.05, 0.1) is 11.7 Å². The predicted molar refractivity (Wildman–Crippen MR) is 131 cm³/mol. The highest BCUT2D eigenvalue weighted by atomic mass is 16.6. The summed E-state index contributed by atoms with van der Waals surface area (Å²) in [5, 5.41) is 43.1. The van der Waals surface area contributed by atoms with Crippen molar-refractivity contribution < 1.29 is 25.2 Å². The van der Waals surface area contributed by atoms with Crippen LogP contribution in [-0.2, 0) is 4.74 Å². The molecule has 33 heavy (non-hydrogen) atoms. The molecule has 1 aromatic carbocycles. The molecule has 3 unspecified atom stereocenters. The normalized spacial score (nSPS) is 19.1. The Kier molecular flexibility index (Phi) is 10.4. The fourth-order valence-corrected chi connectivity index (χ4v) is 3.53. The van der Waals surface area contributed by atoms with Crippen molar-refractivity contribution in [2.75, 3.05) is 6.54 Å². The van der Waals surface area contributed by atoms with E-state index in [2.05, 4.69) is 16.9 Å². The maximum absolute atomic E-state index is 10.7. The van der Waals surface area contributed by atoms with E-state index in [0.717, 1.165) is 16.7 Å². The maximum atomic E-state index is 10.7. The zero-order valence-electron chi connectivity index (χ0n) is 19.6. The molecule has 0 saturated carbocycles. The van der Waals surface area contributed by atoms with Crippen molar-refractivity contribution >= 4 is 11.8 Å². The Bertz CT molecular complexity index is 896. The van der Waals surface area contributed by atoms with E-state index in [1.807, 2.05) is 45.1 Å². The minimum Gasteiger partial charge on any atom is -0.392 e. The number of nitrogens with one attached hydrogen (secondary N) is 1. The van der Waals surface area contributed by atoms with Crippen molar-refractivity contribution in [2.24, 2.45) is 10.9 Å². The molecule has 7 nitrogen and oxygen atoms in total. The van der Waals surface area contributed by atoms with Crippen LogP contribution < -0.4 is 5.32 Å². The lowest BCUT2D eigenvalue weighted by Crippen LogP contribution is -2.39. The number of rotatable bonds is 11. The van der Waals surface area contributed by atoms with Crippen molar-refractivity contribution in [3.63, 3.8) is 0 Å². The molecule has 0 aliphatic heterocycles. The number of ether oxygens (including phenoxy) is 1. The summed E-state index contributed by atoms with van der Waals surface area (Å²) in [7, 11) is 0. The predicted octanol–water partition coefficient (Wildman–Crippen LogP) is 3.20. The van der Waals surface area contributed by atoms with E-state index >= 15 is 0 Å². The van der Waals surface area contributed by atoms with Crippen LogP contribution in [0.2, 0.25) is 0 Å². The van der Waals surface area contributed by atoms with Gasteiger partial charge in [-0.25, -0.2) is 0 Å². The Labute approximate surface area is 196 Å². The van der Waals surface area contributed by atoms with Crippen LogP contribution in [0.1, 0.15) is 51.0 Å². The third-order valence-corrected chi connectivity index (χ3v) is 5.12. The van der Waals surface area contributed by atoms with Crippen LogP contribution in [0, 0.1) is 5.92 Å². The van der Waals surface area contributed by atoms with Crippen LogP contribution in [0.3, 0.4) is 0 Å². The molecular weight excluding hydrogens is 420 g/mol. The van der Waals surface area contributed by atoms with E-state index < -0.39 is 24.4 Å². The molecule has 180 valence electrons. The molecule has 7 heteroatoms. The van der Waals surface area contributed by atoms with E-state index in [1.165, 1.54) is 6.20 Å². The average molecular weight is 457 g/mol. The lowest BCUT2D eigenvalue weighted by Gasteiger charge is -2.28. The number of hydrogen-bond acceptors (Lipinski definition) is 7. The molecular formula is C26H36N2O5. The zero-order chi connectivity index (χ0) is 24.4. The van der Waals surface area contributed by atoms with Crippen LogP contribution in [-0.4, -0.2) is 51.3 Å². The van der Waals surface area contributed by atoms with E-state index in [4.69, 9.17) is 4.74 Å². The SMILES string of the molecule is C=CN=C/C=C/CC(O)C1C=CC(CNC(O)OC(C)(C)C)=C(c2cccc(C(O)O)c2)C1. The van der Waals surface area contributed by atoms with E-state index in [0.29, 0.717) is 24.9 Å². The van der Waals surface area contributed by atoms with E-state index in [9.17, 15) is 20.4 Å². The smallest absolute Gasteiger partial charge is 0.214 e. The molecule has 1 aromatic rings. The molecule has 0 amide bonds. The van der Waals surface area contributed by atoms with Gasteiger partial charge in [0.1, 0.15) is 0 Å². The second kappa shape index (κ2) is 12.7. The summed E-state index contributed by atoms with van der Waals surface area (Å²) in [5.74, 6) is -0.122. The third-order valence-electron chi connectivity index (χ3n) is 5.12. The minimum absolute atomic E-state index is 0.122. The molecule has 0 saturated heterocycles. The molecule has 0 fully saturated rings. The summed E-state index contributed by atoms with van der Waals surface area (Å²) in [6, 6.07) is 7.05. The Morgan fingerprint density at radius 2 is 2.00 bits per heavy atom. The highest BCUT2D eigenvalue weighted by molar-refractivity contribution is 5.73. The lowest BCUT2D eigenvalue weighted by molar-refractivity contribution is -0.180. The van der Waals surface area contributed by atoms with Gasteiger partial charge in [-0.3, -0.25) is 10.3 Å². The summed E-state index contributed by atoms with van der Waals surface area (Å²) in [6.07, 6.45) is 8.31. The summed E-state index contributed by atoms with van der Waals surface area (Å²) < 4.78 is 5.52. The Morgan fingerprint density at radius 3 is 2.67 bits per heavy atom. The quantitative estimate of drug-likeness (QED) is 0.258. The fourth-order valence-electron chi connectivity index (χ4n) is 3.53. The number of aliphatic hydroxyl groups excluding tert-OH is 3. The van der Waals surface area contributed by atoms with Gasteiger partial charge in [0.25, 0.3) is 0 Å². The van der Waals surface area contributed by atoms with Gasteiger partial charge >= 0.3 is 0 Å². The van der Waals surface area contributed by atoms with Gasteiger partial charge in [0.2, 0.25) is 6.41 Å². The van der Waals surface area contributed by atoms with Crippen LogP contribution >= 0.6 is 0 Å². The zero-order valence-corrected chi connectivity index (χ0v) is 19.6. The van der Waals surface area contributed by atoms with Crippen molar-refractivity contribution in [1.82, 2.24) is 5.32 Å². The summed E-state index contributed by atoms with van der Waals surface area (Å²) in [6.45, 7) is 9.44. The maximum Gasteiger partial charge on any atom is 0.214 e. The molecule has 1 aliphatic carbocycles. The molecule has 3 atom stereocenters. The highest BCUT2D eigenvalue weighted by Crippen LogP contribution is 2.34. The van der Waals surface area contributed by atoms with Crippen molar-refractivity contribution in [1.29, 1.82) is 0 Å². The van der Waals surface area contributed by atoms with Crippen LogP contribution in [0.25, 0.3) is 5.57 Å². The first-order valence-electron chi connectivity index (χ1n) is 11.0. The number of hydrogen-bond donors (Lipinski definition) is 5. The van der Waals surface area contributed by atoms with E-state index in [-0.39, 0.29) is 5.92 Å². The lowest BCUT2D eigenvalue weighted by atomic mass is 9.82. The fraction of sp³-hybridized carbons (Fsp3) is 0.423. The van der Waals surface area contributed by atoms with Crippen LogP contribution in [0.4, 0.5) is 0 Å². The second-order valence-electron chi connectivity index (χ2n) is 8.91. The van der Waals surface area contributed by atoms with Gasteiger partial charge < -0.3 is 25.2 Å². The van der Waals surface area contributed by atoms with Crippen LogP contribution in [0.15, 0.2) is 71.9 Å². The first-order valence-corrected chi connectivity index (χ1v) is 11.0. The Balaban J connectivity index is 2.23. The molecule has 0 radical (unpaired) electrons. The standard InChI is InChI=1S/C26H36N2O5/c1-5-27-14-7-6-11-23(29)19-12-13-21(17-28-25(32)33-26(2,3)4)22(16-19)18-9-8-10-20(15-18)24(30)31/h5-10,12-15,19,23-25,28-32H,1,11,16-17H2,2-4H3/b7-6+,27-14?. The van der Waals surface area contributed by atoms with Gasteiger partial charge in [0.15, 0.2) is 6.29 Å². The van der Waals surface area contributed by atoms with Gasteiger partial charge in [-0.15, -0.1) is 0 Å². The summed E-state index contributed by atoms with van der Waals surface area (Å²) in [5.41, 5.74) is 2.60. The van der Waals surface area contributed by atoms with Gasteiger partial charge in [0, 0.05) is 30.4 Å². The number of allylic oxidation sites excluding steroid dienone is 2. The van der Waals surface area contributed by atoms with Crippen LogP contribution in [0.5, 0.6) is 0 Å². The molecule has 5 N–H and O–H groups in total. The number of aliphatic hydroxyl groups is 4. The molecule has 0 heterocycles. The monoisotopic (exact) mass is 456 g/mol. The van der Waals surface area contributed by atoms with Gasteiger partial charge in [-0.2, -0.15) is 0 Å². The molecule has 2 rings (SSSR count). The van der Waals surface area contributed by atoms with Gasteiger partial charge in [-0.1, -0.05) is 43.0 Å². The number of benzene rings is 1. The highest BCUT2D eigenvalue weighted by Gasteiger charge is 2.24. The number of nitrogens with zero attached hydrogens (tertiary/aromatic N) is 1. The molecule has 0 spiro atoms. The molecule has 0 aromatic heterocycles. The summed E-state index contributed by atoms with van der Waals surface area (Å²) in [4.78, 5) is 3.89. The first kappa shape index (κ1) is 26.9. The first-order chi connectivity index (χ1) is 15.6. The Morgan fingerprint density at radius 1 is 1.24 bits per heavy atom. The van der Waals surface area contributed by atoms with Crippen molar-refractivity contribution in [2.45, 2.75) is 58.0 Å². The topological polar surface area (TPSA) is 115 Å². The average Bonchev–Trinajstić information content (AvgIpc) is 2.76. The van der Waals surface area contributed by atoms with E-state index in [1.54, 1.807) is 30.5 Å². The third kappa shape index (κ3) is 9.17.